The molecule has 0 aliphatic rings. The first-order valence-corrected chi connectivity index (χ1v) is 2.28. The normalized spacial score (nSPS) is 12.2. The Kier molecular flexibility index (Phi) is 25.5. The predicted octanol–water partition coefficient (Wildman–Crippen LogP) is -10.8. The molecule has 0 aromatic heterocycles. The molecule has 2 atom stereocenters. The van der Waals surface area contributed by atoms with Crippen LogP contribution in [0.1, 0.15) is 4.28 Å². The molecule has 6 nitrogen and oxygen atoms in total. The fraction of sp³-hybridized carbons (Fsp3) is 0.500. The fourth-order valence-corrected chi connectivity index (χ4v) is 0.270. The summed E-state index contributed by atoms with van der Waals surface area (Å²) in [4.78, 5) is 19.5. The molecule has 0 spiro atoms. The molecule has 0 aliphatic heterocycles. The van der Waals surface area contributed by atoms with Gasteiger partial charge in [-0.05, 0) is 0 Å². The molecule has 0 saturated carbocycles. The quantitative estimate of drug-likeness (QED) is 0.372. The summed E-state index contributed by atoms with van der Waals surface area (Å²) in [6.45, 7) is 0. The SMILES string of the molecule is O=C(O)C(O)C(O)C(=O)O.[H-].[H-].[H-].[K+].[K+].[Na+]. The second-order valence-corrected chi connectivity index (χ2v) is 1.57. The molecule has 0 heterocycles. The number of rotatable bonds is 3. The number of hydrogen-bond acceptors (Lipinski definition) is 4. The van der Waals surface area contributed by atoms with Crippen molar-refractivity contribution in [3.63, 3.8) is 0 Å². The van der Waals surface area contributed by atoms with Gasteiger partial charge in [-0.2, -0.15) is 0 Å². The molecule has 0 radical (unpaired) electrons. The maximum absolute atomic E-state index is 9.77. The number of carbonyl (C=O) groups is 2. The molecule has 0 rings (SSSR count). The van der Waals surface area contributed by atoms with Gasteiger partial charge in [-0.25, -0.2) is 9.59 Å². The van der Waals surface area contributed by atoms with Gasteiger partial charge in [-0.15, -0.1) is 0 Å². The van der Waals surface area contributed by atoms with E-state index in [1.807, 2.05) is 0 Å². The third-order valence-electron chi connectivity index (χ3n) is 0.805. The Labute approximate surface area is 186 Å². The Bertz CT molecular complexity index is 158. The summed E-state index contributed by atoms with van der Waals surface area (Å²) >= 11 is 0. The van der Waals surface area contributed by atoms with Crippen LogP contribution in [0.5, 0.6) is 0 Å². The third kappa shape index (κ3) is 11.4. The van der Waals surface area contributed by atoms with Crippen LogP contribution in [0.4, 0.5) is 0 Å². The number of aliphatic hydroxyl groups excluding tert-OH is 2. The smallest absolute Gasteiger partial charge is 1.00 e. The average Bonchev–Trinajstić information content (AvgIpc) is 1.84. The first-order valence-electron chi connectivity index (χ1n) is 2.28. The van der Waals surface area contributed by atoms with Crippen molar-refractivity contribution in [1.82, 2.24) is 0 Å². The van der Waals surface area contributed by atoms with E-state index in [0.29, 0.717) is 0 Å². The van der Waals surface area contributed by atoms with E-state index in [-0.39, 0.29) is 137 Å². The molecule has 0 aromatic rings. The van der Waals surface area contributed by atoms with Crippen LogP contribution in [0.15, 0.2) is 0 Å². The number of aliphatic carboxylic acids is 2. The summed E-state index contributed by atoms with van der Waals surface area (Å²) in [6, 6.07) is 0. The van der Waals surface area contributed by atoms with Gasteiger partial charge in [0, 0.05) is 0 Å². The minimum Gasteiger partial charge on any atom is -1.00 e. The number of aliphatic hydroxyl groups is 2. The first kappa shape index (κ1) is 25.1. The van der Waals surface area contributed by atoms with Crippen LogP contribution in [0, 0.1) is 0 Å². The standard InChI is InChI=1S/C4H6O6.2K.Na.3H/c5-1(3(7)8)2(6)4(9)10;;;;;;/h1-2,5-6H,(H,7,8)(H,9,10);;;;;;/q;3*+1;3*-1. The maximum atomic E-state index is 9.77. The third-order valence-corrected chi connectivity index (χ3v) is 0.805. The van der Waals surface area contributed by atoms with E-state index in [1.165, 1.54) is 0 Å². The Morgan fingerprint density at radius 3 is 1.15 bits per heavy atom. The Morgan fingerprint density at radius 1 is 0.923 bits per heavy atom. The average molecular weight is 254 g/mol. The van der Waals surface area contributed by atoms with Gasteiger partial charge < -0.3 is 24.7 Å². The summed E-state index contributed by atoms with van der Waals surface area (Å²) in [5.74, 6) is -3.54. The van der Waals surface area contributed by atoms with Gasteiger partial charge in [0.25, 0.3) is 0 Å². The second-order valence-electron chi connectivity index (χ2n) is 1.57. The number of carboxylic acids is 2. The molecule has 4 N–H and O–H groups in total. The zero-order valence-electron chi connectivity index (χ0n) is 10.8. The van der Waals surface area contributed by atoms with Gasteiger partial charge in [-0.1, -0.05) is 0 Å². The van der Waals surface area contributed by atoms with Crippen molar-refractivity contribution in [2.24, 2.45) is 0 Å². The van der Waals surface area contributed by atoms with Gasteiger partial charge in [0.1, 0.15) is 0 Å². The number of hydrogen-bond donors (Lipinski definition) is 4. The first-order chi connectivity index (χ1) is 4.46. The van der Waals surface area contributed by atoms with Crippen molar-refractivity contribution in [3.05, 3.63) is 0 Å². The van der Waals surface area contributed by atoms with Gasteiger partial charge in [-0.3, -0.25) is 0 Å². The molecular formula is C4H9K2NaO6. The van der Waals surface area contributed by atoms with E-state index in [1.54, 1.807) is 0 Å². The Hall–Kier alpha value is 3.13. The minimum absolute atomic E-state index is 0. The van der Waals surface area contributed by atoms with Crippen molar-refractivity contribution >= 4 is 11.9 Å². The van der Waals surface area contributed by atoms with E-state index in [9.17, 15) is 9.59 Å². The van der Waals surface area contributed by atoms with E-state index in [2.05, 4.69) is 0 Å². The van der Waals surface area contributed by atoms with Crippen LogP contribution in [0.2, 0.25) is 0 Å². The minimum atomic E-state index is -2.27. The molecule has 0 fully saturated rings. The molecule has 13 heavy (non-hydrogen) atoms. The second kappa shape index (κ2) is 13.2. The van der Waals surface area contributed by atoms with Crippen molar-refractivity contribution in [2.75, 3.05) is 0 Å². The van der Waals surface area contributed by atoms with Crippen molar-refractivity contribution in [2.45, 2.75) is 12.2 Å². The predicted molar refractivity (Wildman–Crippen MR) is 30.6 cm³/mol. The molecule has 0 saturated heterocycles. The molecule has 2 unspecified atom stereocenters. The van der Waals surface area contributed by atoms with Gasteiger partial charge >= 0.3 is 144 Å². The fourth-order valence-electron chi connectivity index (χ4n) is 0.270. The van der Waals surface area contributed by atoms with Gasteiger partial charge in [0.15, 0.2) is 12.2 Å². The van der Waals surface area contributed by atoms with Crippen LogP contribution in [-0.2, 0) is 9.59 Å². The summed E-state index contributed by atoms with van der Waals surface area (Å²) in [7, 11) is 0. The van der Waals surface area contributed by atoms with Crippen LogP contribution in [-0.4, -0.2) is 44.6 Å². The molecule has 0 bridgehead atoms. The zero-order chi connectivity index (χ0) is 8.31. The van der Waals surface area contributed by atoms with E-state index in [0.717, 1.165) is 0 Å². The number of carboxylic acid groups (broad SMARTS) is 2. The van der Waals surface area contributed by atoms with Crippen LogP contribution < -0.4 is 132 Å². The van der Waals surface area contributed by atoms with Crippen molar-refractivity contribution < 1.29 is 167 Å². The topological polar surface area (TPSA) is 115 Å². The summed E-state index contributed by atoms with van der Waals surface area (Å²) in [5, 5.41) is 32.5. The van der Waals surface area contributed by atoms with E-state index < -0.39 is 24.1 Å². The molecule has 64 valence electrons. The molecule has 0 aliphatic carbocycles. The Morgan fingerprint density at radius 2 is 1.08 bits per heavy atom. The van der Waals surface area contributed by atoms with E-state index in [4.69, 9.17) is 20.4 Å². The summed E-state index contributed by atoms with van der Waals surface area (Å²) in [5.41, 5.74) is 0. The van der Waals surface area contributed by atoms with Gasteiger partial charge in [0.2, 0.25) is 0 Å². The summed E-state index contributed by atoms with van der Waals surface area (Å²) in [6.07, 6.45) is -4.53. The zero-order valence-corrected chi connectivity index (χ0v) is 16.0. The maximum Gasteiger partial charge on any atom is 1.00 e. The van der Waals surface area contributed by atoms with Crippen LogP contribution in [0.25, 0.3) is 0 Å². The van der Waals surface area contributed by atoms with E-state index >= 15 is 0 Å². The summed E-state index contributed by atoms with van der Waals surface area (Å²) < 4.78 is 0. The molecular weight excluding hydrogens is 245 g/mol. The Balaban J connectivity index is -0.0000000270. The molecule has 0 aromatic carbocycles. The largest absolute Gasteiger partial charge is 1.00 e. The monoisotopic (exact) mass is 254 g/mol. The molecule has 9 heteroatoms. The van der Waals surface area contributed by atoms with Crippen LogP contribution in [0.3, 0.4) is 0 Å². The van der Waals surface area contributed by atoms with Gasteiger partial charge in [0.05, 0.1) is 0 Å². The van der Waals surface area contributed by atoms with Crippen molar-refractivity contribution in [3.8, 4) is 0 Å². The molecule has 0 amide bonds. The van der Waals surface area contributed by atoms with Crippen LogP contribution >= 0.6 is 0 Å². The van der Waals surface area contributed by atoms with Crippen molar-refractivity contribution in [1.29, 1.82) is 0 Å².